The number of fused-ring (bicyclic) bond motifs is 6. The summed E-state index contributed by atoms with van der Waals surface area (Å²) in [5.74, 6) is 0. The molecule has 1 heterocycles. The van der Waals surface area contributed by atoms with Crippen LogP contribution in [-0.2, 0) is 0 Å². The Morgan fingerprint density at radius 2 is 0.857 bits per heavy atom. The first kappa shape index (κ1) is 21.3. The fourth-order valence-corrected chi connectivity index (χ4v) is 3.26. The van der Waals surface area contributed by atoms with Crippen LogP contribution in [0.1, 0.15) is 52.9 Å². The minimum atomic E-state index is 0.829. The van der Waals surface area contributed by atoms with Crippen LogP contribution >= 0.6 is 0 Å². The molecule has 0 saturated heterocycles. The van der Waals surface area contributed by atoms with Crippen molar-refractivity contribution in [1.82, 2.24) is 9.97 Å². The maximum Gasteiger partial charge on any atom is 0.0979 e. The summed E-state index contributed by atoms with van der Waals surface area (Å²) < 4.78 is 0. The average Bonchev–Trinajstić information content (AvgIpc) is 2.75. The molecule has 2 heteroatoms. The molecule has 0 radical (unpaired) electrons. The van der Waals surface area contributed by atoms with E-state index in [0.717, 1.165) is 44.3 Å². The molecule has 0 aliphatic carbocycles. The lowest BCUT2D eigenvalue weighted by Gasteiger charge is -2.13. The highest BCUT2D eigenvalue weighted by atomic mass is 14.8. The van der Waals surface area contributed by atoms with Gasteiger partial charge in [-0.1, -0.05) is 89.4 Å². The zero-order valence-corrected chi connectivity index (χ0v) is 17.9. The van der Waals surface area contributed by atoms with Gasteiger partial charge in [0.1, 0.15) is 0 Å². The van der Waals surface area contributed by atoms with E-state index in [1.807, 2.05) is 53.7 Å². The monoisotopic (exact) mass is 370 g/mol. The highest BCUT2D eigenvalue weighted by molar-refractivity contribution is 6.23. The molecule has 0 N–H and O–H groups in total. The molecule has 0 fully saturated rings. The van der Waals surface area contributed by atoms with E-state index in [0.29, 0.717) is 0 Å². The molecule has 0 spiro atoms. The predicted molar refractivity (Wildman–Crippen MR) is 127 cm³/mol. The van der Waals surface area contributed by atoms with Gasteiger partial charge in [-0.05, 0) is 35.8 Å². The van der Waals surface area contributed by atoms with Gasteiger partial charge in [0.05, 0.1) is 22.4 Å². The SMILES string of the molecule is C=C(C)c1nc2c3ccccc3c3ccccc3c2nc1C(=C)C.CC.CC. The molecule has 4 aromatic rings. The smallest absolute Gasteiger partial charge is 0.0979 e. The Morgan fingerprint density at radius 1 is 0.571 bits per heavy atom. The fourth-order valence-electron chi connectivity index (χ4n) is 3.26. The molecule has 0 aliphatic heterocycles. The van der Waals surface area contributed by atoms with E-state index in [2.05, 4.69) is 49.6 Å². The largest absolute Gasteiger partial charge is 0.244 e. The van der Waals surface area contributed by atoms with Gasteiger partial charge in [-0.25, -0.2) is 9.97 Å². The van der Waals surface area contributed by atoms with Crippen LogP contribution in [0.5, 0.6) is 0 Å². The number of hydrogen-bond acceptors (Lipinski definition) is 2. The number of rotatable bonds is 2. The van der Waals surface area contributed by atoms with Crippen molar-refractivity contribution in [3.8, 4) is 0 Å². The van der Waals surface area contributed by atoms with E-state index >= 15 is 0 Å². The molecule has 2 nitrogen and oxygen atoms in total. The number of allylic oxidation sites excluding steroid dienone is 2. The van der Waals surface area contributed by atoms with Crippen LogP contribution in [0.25, 0.3) is 43.7 Å². The van der Waals surface area contributed by atoms with Gasteiger partial charge in [-0.3, -0.25) is 0 Å². The van der Waals surface area contributed by atoms with Crippen LogP contribution in [0.15, 0.2) is 61.7 Å². The van der Waals surface area contributed by atoms with E-state index in [4.69, 9.17) is 9.97 Å². The summed E-state index contributed by atoms with van der Waals surface area (Å²) >= 11 is 0. The summed E-state index contributed by atoms with van der Waals surface area (Å²) in [5.41, 5.74) is 5.31. The molecule has 28 heavy (non-hydrogen) atoms. The molecule has 0 unspecified atom stereocenters. The lowest BCUT2D eigenvalue weighted by molar-refractivity contribution is 1.21. The zero-order chi connectivity index (χ0) is 20.8. The second-order valence-electron chi connectivity index (χ2n) is 6.27. The van der Waals surface area contributed by atoms with Crippen molar-refractivity contribution in [1.29, 1.82) is 0 Å². The van der Waals surface area contributed by atoms with Crippen molar-refractivity contribution < 1.29 is 0 Å². The van der Waals surface area contributed by atoms with Gasteiger partial charge in [0, 0.05) is 10.8 Å². The molecule has 0 bridgehead atoms. The summed E-state index contributed by atoms with van der Waals surface area (Å²) in [6.45, 7) is 20.1. The molecular weight excluding hydrogens is 340 g/mol. The number of aromatic nitrogens is 2. The van der Waals surface area contributed by atoms with E-state index in [1.165, 1.54) is 10.8 Å². The van der Waals surface area contributed by atoms with Crippen LogP contribution < -0.4 is 0 Å². The Labute approximate surface area is 168 Å². The van der Waals surface area contributed by atoms with Gasteiger partial charge < -0.3 is 0 Å². The summed E-state index contributed by atoms with van der Waals surface area (Å²) in [6, 6.07) is 16.7. The van der Waals surface area contributed by atoms with Crippen LogP contribution in [-0.4, -0.2) is 9.97 Å². The first-order valence-corrected chi connectivity index (χ1v) is 10.0. The van der Waals surface area contributed by atoms with E-state index < -0.39 is 0 Å². The Bertz CT molecular complexity index is 1060. The van der Waals surface area contributed by atoms with Crippen molar-refractivity contribution in [2.75, 3.05) is 0 Å². The molecule has 1 aromatic heterocycles. The maximum atomic E-state index is 4.95. The first-order valence-electron chi connectivity index (χ1n) is 10.0. The third kappa shape index (κ3) is 3.68. The first-order chi connectivity index (χ1) is 13.6. The van der Waals surface area contributed by atoms with Crippen molar-refractivity contribution in [3.63, 3.8) is 0 Å². The molecule has 144 valence electrons. The number of hydrogen-bond donors (Lipinski definition) is 0. The predicted octanol–water partition coefficient (Wildman–Crippen LogP) is 8.05. The topological polar surface area (TPSA) is 25.8 Å². The summed E-state index contributed by atoms with van der Waals surface area (Å²) in [4.78, 5) is 9.90. The van der Waals surface area contributed by atoms with Crippen LogP contribution in [0.4, 0.5) is 0 Å². The van der Waals surface area contributed by atoms with Gasteiger partial charge in [-0.2, -0.15) is 0 Å². The van der Waals surface area contributed by atoms with E-state index in [9.17, 15) is 0 Å². The number of benzene rings is 3. The molecule has 4 rings (SSSR count). The van der Waals surface area contributed by atoms with Crippen molar-refractivity contribution in [2.45, 2.75) is 41.5 Å². The molecule has 0 saturated carbocycles. The Hall–Kier alpha value is -3.00. The number of nitrogens with zero attached hydrogens (tertiary/aromatic N) is 2. The third-order valence-electron chi connectivity index (χ3n) is 4.36. The van der Waals surface area contributed by atoms with Gasteiger partial charge >= 0.3 is 0 Å². The van der Waals surface area contributed by atoms with Crippen molar-refractivity contribution in [2.24, 2.45) is 0 Å². The fraction of sp³-hybridized carbons (Fsp3) is 0.231. The second-order valence-corrected chi connectivity index (χ2v) is 6.27. The average molecular weight is 371 g/mol. The van der Waals surface area contributed by atoms with Crippen molar-refractivity contribution in [3.05, 3.63) is 73.1 Å². The molecular formula is C26H30N2. The minimum absolute atomic E-state index is 0.829. The Balaban J connectivity index is 0.000000660. The molecule has 3 aromatic carbocycles. The summed E-state index contributed by atoms with van der Waals surface area (Å²) in [6.07, 6.45) is 0. The molecule has 0 atom stereocenters. The van der Waals surface area contributed by atoms with Crippen LogP contribution in [0.2, 0.25) is 0 Å². The van der Waals surface area contributed by atoms with E-state index in [1.54, 1.807) is 0 Å². The third-order valence-corrected chi connectivity index (χ3v) is 4.36. The second kappa shape index (κ2) is 9.27. The summed E-state index contributed by atoms with van der Waals surface area (Å²) in [5, 5.41) is 4.64. The van der Waals surface area contributed by atoms with E-state index in [-0.39, 0.29) is 0 Å². The zero-order valence-electron chi connectivity index (χ0n) is 17.9. The minimum Gasteiger partial charge on any atom is -0.244 e. The van der Waals surface area contributed by atoms with Gasteiger partial charge in [0.2, 0.25) is 0 Å². The lowest BCUT2D eigenvalue weighted by Crippen LogP contribution is -2.00. The standard InChI is InChI=1S/C22H18N2.2C2H6/c1-13(2)19-20(14(3)4)24-22-18-12-8-6-10-16(18)15-9-5-7-11-17(15)21(22)23-19;2*1-2/h5-12H,1,3H2,2,4H3;2*1-2H3. The maximum absolute atomic E-state index is 4.95. The highest BCUT2D eigenvalue weighted by Gasteiger charge is 2.15. The quantitative estimate of drug-likeness (QED) is 0.333. The Morgan fingerprint density at radius 3 is 1.14 bits per heavy atom. The molecule has 0 amide bonds. The Kier molecular flexibility index (Phi) is 7.06. The van der Waals surface area contributed by atoms with Gasteiger partial charge in [-0.15, -0.1) is 0 Å². The summed E-state index contributed by atoms with van der Waals surface area (Å²) in [7, 11) is 0. The highest BCUT2D eigenvalue weighted by Crippen LogP contribution is 2.34. The van der Waals surface area contributed by atoms with Crippen molar-refractivity contribution >= 4 is 43.7 Å². The normalized spacial score (nSPS) is 10.1. The lowest BCUT2D eigenvalue weighted by atomic mass is 9.98. The van der Waals surface area contributed by atoms with Gasteiger partial charge in [0.15, 0.2) is 0 Å². The van der Waals surface area contributed by atoms with Crippen LogP contribution in [0.3, 0.4) is 0 Å². The van der Waals surface area contributed by atoms with Gasteiger partial charge in [0.25, 0.3) is 0 Å². The molecule has 0 aliphatic rings. The van der Waals surface area contributed by atoms with Crippen LogP contribution in [0, 0.1) is 0 Å².